The number of hydrogen-bond acceptors (Lipinski definition) is 5. The van der Waals surface area contributed by atoms with Crippen LogP contribution < -0.4 is 9.46 Å². The second-order valence-electron chi connectivity index (χ2n) is 7.62. The third-order valence-electron chi connectivity index (χ3n) is 5.68. The molecule has 152 valence electrons. The zero-order chi connectivity index (χ0) is 20.1. The first kappa shape index (κ1) is 19.1. The Labute approximate surface area is 161 Å². The Morgan fingerprint density at radius 1 is 1.11 bits per heavy atom. The van der Waals surface area contributed by atoms with E-state index in [0.717, 1.165) is 22.9 Å². The van der Waals surface area contributed by atoms with Crippen LogP contribution in [0.25, 0.3) is 0 Å². The van der Waals surface area contributed by atoms with Gasteiger partial charge in [-0.05, 0) is 56.1 Å². The molecule has 28 heavy (non-hydrogen) atoms. The van der Waals surface area contributed by atoms with E-state index in [1.165, 1.54) is 0 Å². The molecule has 2 saturated carbocycles. The van der Waals surface area contributed by atoms with Gasteiger partial charge >= 0.3 is 16.2 Å². The van der Waals surface area contributed by atoms with E-state index >= 15 is 0 Å². The summed E-state index contributed by atoms with van der Waals surface area (Å²) in [5, 5.41) is 9.16. The first-order valence-electron chi connectivity index (χ1n) is 9.31. The average Bonchev–Trinajstić information content (AvgIpc) is 3.03. The summed E-state index contributed by atoms with van der Waals surface area (Å²) in [5.74, 6) is -3.14. The zero-order valence-corrected chi connectivity index (χ0v) is 15.9. The van der Waals surface area contributed by atoms with Gasteiger partial charge in [-0.15, -0.1) is 0 Å². The van der Waals surface area contributed by atoms with Crippen molar-refractivity contribution in [2.24, 2.45) is 11.8 Å². The Bertz CT molecular complexity index is 918. The molecular weight excluding hydrogens is 391 g/mol. The maximum Gasteiger partial charge on any atom is 0.338 e. The van der Waals surface area contributed by atoms with Crippen molar-refractivity contribution in [2.75, 3.05) is 13.1 Å². The van der Waals surface area contributed by atoms with Crippen LogP contribution in [-0.4, -0.2) is 48.9 Å². The average molecular weight is 412 g/mol. The molecular formula is C18H21FN2O6S. The molecule has 2 N–H and O–H groups in total. The summed E-state index contributed by atoms with van der Waals surface area (Å²) in [7, 11) is -4.05. The largest absolute Gasteiger partial charge is 0.486 e. The highest BCUT2D eigenvalue weighted by atomic mass is 32.2. The Hall–Kier alpha value is -2.20. The van der Waals surface area contributed by atoms with Gasteiger partial charge in [0.15, 0.2) is 11.6 Å². The molecule has 0 bridgehead atoms. The van der Waals surface area contributed by atoms with Crippen molar-refractivity contribution in [3.8, 4) is 5.75 Å². The Kier molecular flexibility index (Phi) is 4.78. The molecule has 10 heteroatoms. The van der Waals surface area contributed by atoms with Crippen molar-refractivity contribution < 1.29 is 32.2 Å². The molecule has 3 aliphatic rings. The minimum Gasteiger partial charge on any atom is -0.486 e. The summed E-state index contributed by atoms with van der Waals surface area (Å²) < 4.78 is 48.3. The monoisotopic (exact) mass is 412 g/mol. The first-order valence-corrected chi connectivity index (χ1v) is 10.7. The van der Waals surface area contributed by atoms with Crippen LogP contribution in [0.1, 0.15) is 52.8 Å². The normalized spacial score (nSPS) is 26.7. The van der Waals surface area contributed by atoms with Crippen LogP contribution in [0.4, 0.5) is 4.39 Å². The number of nitrogens with one attached hydrogen (secondary N) is 1. The maximum absolute atomic E-state index is 14.8. The molecule has 1 saturated heterocycles. The van der Waals surface area contributed by atoms with Gasteiger partial charge in [0.25, 0.3) is 5.91 Å². The lowest BCUT2D eigenvalue weighted by molar-refractivity contribution is 0.0688. The van der Waals surface area contributed by atoms with E-state index < -0.39 is 39.2 Å². The number of carbonyl (C=O) groups excluding carboxylic acids is 1. The number of amides is 1. The van der Waals surface area contributed by atoms with E-state index in [1.807, 2.05) is 4.72 Å². The molecule has 4 rings (SSSR count). The molecule has 1 aliphatic heterocycles. The lowest BCUT2D eigenvalue weighted by Crippen LogP contribution is -2.42. The summed E-state index contributed by atoms with van der Waals surface area (Å²) in [6.45, 7) is 0.617. The summed E-state index contributed by atoms with van der Waals surface area (Å²) in [6, 6.07) is 2.03. The van der Waals surface area contributed by atoms with Crippen LogP contribution in [0.5, 0.6) is 5.75 Å². The summed E-state index contributed by atoms with van der Waals surface area (Å²) in [5.41, 5.74) is -0.956. The predicted octanol–water partition coefficient (Wildman–Crippen LogP) is 1.77. The summed E-state index contributed by atoms with van der Waals surface area (Å²) in [6.07, 6.45) is 3.64. The third kappa shape index (κ3) is 3.58. The van der Waals surface area contributed by atoms with Gasteiger partial charge in [0.2, 0.25) is 0 Å². The van der Waals surface area contributed by atoms with Gasteiger partial charge in [-0.2, -0.15) is 12.7 Å². The van der Waals surface area contributed by atoms with E-state index in [9.17, 15) is 22.4 Å². The van der Waals surface area contributed by atoms with E-state index in [4.69, 9.17) is 9.84 Å². The molecule has 1 amide bonds. The highest BCUT2D eigenvalue weighted by molar-refractivity contribution is 7.87. The van der Waals surface area contributed by atoms with Crippen molar-refractivity contribution in [1.82, 2.24) is 9.03 Å². The first-order chi connectivity index (χ1) is 13.3. The number of aromatic carboxylic acids is 1. The van der Waals surface area contributed by atoms with Crippen LogP contribution >= 0.6 is 0 Å². The smallest absolute Gasteiger partial charge is 0.338 e. The van der Waals surface area contributed by atoms with Crippen LogP contribution in [0.3, 0.4) is 0 Å². The predicted molar refractivity (Wildman–Crippen MR) is 95.8 cm³/mol. The third-order valence-corrected chi connectivity index (χ3v) is 7.17. The highest BCUT2D eigenvalue weighted by Crippen LogP contribution is 2.52. The fraction of sp³-hybridized carbons (Fsp3) is 0.556. The van der Waals surface area contributed by atoms with Crippen molar-refractivity contribution in [1.29, 1.82) is 0 Å². The lowest BCUT2D eigenvalue weighted by atomic mass is 10.1. The molecule has 1 aromatic rings. The highest BCUT2D eigenvalue weighted by Gasteiger charge is 2.47. The van der Waals surface area contributed by atoms with E-state index in [-0.39, 0.29) is 11.7 Å². The van der Waals surface area contributed by atoms with E-state index in [0.29, 0.717) is 50.6 Å². The molecule has 3 fully saturated rings. The molecule has 3 atom stereocenters. The van der Waals surface area contributed by atoms with Crippen molar-refractivity contribution >= 4 is 22.1 Å². The lowest BCUT2D eigenvalue weighted by Gasteiger charge is -2.20. The van der Waals surface area contributed by atoms with E-state index in [1.54, 1.807) is 0 Å². The molecule has 1 heterocycles. The van der Waals surface area contributed by atoms with Gasteiger partial charge in [-0.25, -0.2) is 13.9 Å². The fourth-order valence-corrected chi connectivity index (χ4v) is 5.31. The molecule has 0 spiro atoms. The number of carboxylic acid groups (broad SMARTS) is 1. The molecule has 0 aromatic heterocycles. The van der Waals surface area contributed by atoms with Gasteiger partial charge in [0, 0.05) is 13.1 Å². The Balaban J connectivity index is 1.61. The number of carbonyl (C=O) groups is 2. The number of ether oxygens (including phenoxy) is 1. The molecule has 1 aromatic carbocycles. The number of carboxylic acids is 1. The maximum atomic E-state index is 14.8. The second kappa shape index (κ2) is 7.00. The van der Waals surface area contributed by atoms with Crippen LogP contribution in [-0.2, 0) is 10.2 Å². The van der Waals surface area contributed by atoms with Gasteiger partial charge < -0.3 is 9.84 Å². The van der Waals surface area contributed by atoms with Crippen molar-refractivity contribution in [2.45, 2.75) is 38.2 Å². The van der Waals surface area contributed by atoms with Gasteiger partial charge in [-0.1, -0.05) is 0 Å². The molecule has 1 unspecified atom stereocenters. The fourth-order valence-electron chi connectivity index (χ4n) is 4.10. The summed E-state index contributed by atoms with van der Waals surface area (Å²) in [4.78, 5) is 23.9. The summed E-state index contributed by atoms with van der Waals surface area (Å²) >= 11 is 0. The number of benzene rings is 1. The SMILES string of the molecule is O=C(O)c1ccc(C(=O)NS(=O)(=O)N2CCCC2)c(OC2C[C@@H]3C[C@@H]3C2)c1F. The molecule has 2 aliphatic carbocycles. The minimum atomic E-state index is -4.05. The van der Waals surface area contributed by atoms with Crippen LogP contribution in [0, 0.1) is 17.7 Å². The molecule has 0 radical (unpaired) electrons. The quantitative estimate of drug-likeness (QED) is 0.736. The van der Waals surface area contributed by atoms with Gasteiger partial charge in [-0.3, -0.25) is 4.79 Å². The minimum absolute atomic E-state index is 0.309. The van der Waals surface area contributed by atoms with Crippen molar-refractivity contribution in [3.05, 3.63) is 29.1 Å². The number of nitrogens with zero attached hydrogens (tertiary/aromatic N) is 1. The number of fused-ring (bicyclic) bond motifs is 1. The number of halogens is 1. The van der Waals surface area contributed by atoms with E-state index in [2.05, 4.69) is 0 Å². The number of rotatable bonds is 6. The van der Waals surface area contributed by atoms with Crippen LogP contribution in [0.2, 0.25) is 0 Å². The van der Waals surface area contributed by atoms with Crippen LogP contribution in [0.15, 0.2) is 12.1 Å². The second-order valence-corrected chi connectivity index (χ2v) is 9.29. The number of hydrogen-bond donors (Lipinski definition) is 2. The Morgan fingerprint density at radius 2 is 1.71 bits per heavy atom. The van der Waals surface area contributed by atoms with Gasteiger partial charge in [0.05, 0.1) is 17.2 Å². The Morgan fingerprint density at radius 3 is 2.32 bits per heavy atom. The topological polar surface area (TPSA) is 113 Å². The molecule has 8 nitrogen and oxygen atoms in total. The van der Waals surface area contributed by atoms with Gasteiger partial charge in [0.1, 0.15) is 0 Å². The van der Waals surface area contributed by atoms with Crippen molar-refractivity contribution in [3.63, 3.8) is 0 Å². The zero-order valence-electron chi connectivity index (χ0n) is 15.1. The standard InChI is InChI=1S/C18H21FN2O6S/c19-15-13(18(23)24)3-4-14(16(15)27-12-8-10-7-11(10)9-12)17(22)20-28(25,26)21-5-1-2-6-21/h3-4,10-12H,1-2,5-9H2,(H,20,22)(H,23,24)/t10-,11+,12?.